The molecule has 2 heteroatoms. The quantitative estimate of drug-likeness (QED) is 0.167. The van der Waals surface area contributed by atoms with E-state index in [1.165, 1.54) is 65.9 Å². The van der Waals surface area contributed by atoms with Crippen molar-refractivity contribution in [2.24, 2.45) is 0 Å². The lowest BCUT2D eigenvalue weighted by molar-refractivity contribution is 0.632. The van der Waals surface area contributed by atoms with Gasteiger partial charge in [-0.25, -0.2) is 0 Å². The van der Waals surface area contributed by atoms with Gasteiger partial charge in [0.05, 0.1) is 11.4 Å². The lowest BCUT2D eigenvalue weighted by Crippen LogP contribution is -2.30. The van der Waals surface area contributed by atoms with Gasteiger partial charge in [0.15, 0.2) is 0 Å². The summed E-state index contributed by atoms with van der Waals surface area (Å²) in [7, 11) is 0. The molecule has 9 aromatic rings. The monoisotopic (exact) mass is 678 g/mol. The minimum Gasteiger partial charge on any atom is -0.310 e. The number of nitrogens with zero attached hydrogens (tertiary/aromatic N) is 2. The van der Waals surface area contributed by atoms with Gasteiger partial charge in [0, 0.05) is 28.2 Å². The van der Waals surface area contributed by atoms with Crippen molar-refractivity contribution in [1.82, 2.24) is 0 Å². The Hall–Kier alpha value is -6.64. The van der Waals surface area contributed by atoms with Gasteiger partial charge in [-0.3, -0.25) is 0 Å². The number of hydrogen-bond acceptors (Lipinski definition) is 2. The van der Waals surface area contributed by atoms with Crippen LogP contribution in [-0.4, -0.2) is 0 Å². The van der Waals surface area contributed by atoms with E-state index in [4.69, 9.17) is 0 Å². The summed E-state index contributed by atoms with van der Waals surface area (Å²) in [4.78, 5) is 4.86. The maximum atomic E-state index is 2.43. The Kier molecular flexibility index (Phi) is 7.19. The average molecular weight is 679 g/mol. The summed E-state index contributed by atoms with van der Waals surface area (Å²) in [6.45, 7) is 4.73. The number of benzene rings is 9. The van der Waals surface area contributed by atoms with Crippen LogP contribution in [0.1, 0.15) is 25.0 Å². The molecule has 0 saturated heterocycles. The summed E-state index contributed by atoms with van der Waals surface area (Å²) < 4.78 is 0. The summed E-state index contributed by atoms with van der Waals surface area (Å²) >= 11 is 0. The number of rotatable bonds is 5. The van der Waals surface area contributed by atoms with Crippen molar-refractivity contribution >= 4 is 66.4 Å². The smallest absolute Gasteiger partial charge is 0.0504 e. The van der Waals surface area contributed by atoms with Gasteiger partial charge < -0.3 is 9.80 Å². The van der Waals surface area contributed by atoms with Gasteiger partial charge in [-0.05, 0) is 115 Å². The van der Waals surface area contributed by atoms with Crippen LogP contribution in [0.3, 0.4) is 0 Å². The standard InChI is InChI=1S/C51H38N2/c1-51(2)47-23-13-14-24-49(47)53(37-17-7-4-8-18-37)50-32-30-40(34-48(50)51)52(38-27-25-36(26-28-38)35-15-5-3-6-16-35)39-29-31-45-43-21-10-9-19-41(43)42-20-11-12-22-44(42)46(45)33-39/h3-34H,1-2H3. The van der Waals surface area contributed by atoms with Crippen LogP contribution in [0, 0.1) is 0 Å². The van der Waals surface area contributed by atoms with Crippen LogP contribution in [-0.2, 0) is 5.41 Å². The number of hydrogen-bond donors (Lipinski definition) is 0. The van der Waals surface area contributed by atoms with Crippen molar-refractivity contribution in [3.8, 4) is 11.1 Å². The first-order chi connectivity index (χ1) is 26.1. The van der Waals surface area contributed by atoms with E-state index in [0.717, 1.165) is 22.7 Å². The Morgan fingerprint density at radius 1 is 0.358 bits per heavy atom. The van der Waals surface area contributed by atoms with Crippen LogP contribution >= 0.6 is 0 Å². The van der Waals surface area contributed by atoms with Crippen LogP contribution in [0.4, 0.5) is 34.1 Å². The summed E-state index contributed by atoms with van der Waals surface area (Å²) in [6.07, 6.45) is 0. The predicted octanol–water partition coefficient (Wildman–Crippen LogP) is 14.4. The number of fused-ring (bicyclic) bond motifs is 8. The summed E-state index contributed by atoms with van der Waals surface area (Å²) in [5, 5.41) is 7.64. The Morgan fingerprint density at radius 3 is 1.51 bits per heavy atom. The first-order valence-corrected chi connectivity index (χ1v) is 18.4. The Labute approximate surface area is 310 Å². The molecule has 0 spiro atoms. The van der Waals surface area contributed by atoms with E-state index in [-0.39, 0.29) is 5.41 Å². The number of anilines is 6. The Balaban J connectivity index is 1.20. The second-order valence-electron chi connectivity index (χ2n) is 14.6. The fraction of sp³-hybridized carbons (Fsp3) is 0.0588. The lowest BCUT2D eigenvalue weighted by atomic mass is 9.73. The van der Waals surface area contributed by atoms with Gasteiger partial charge in [-0.1, -0.05) is 147 Å². The molecule has 53 heavy (non-hydrogen) atoms. The fourth-order valence-corrected chi connectivity index (χ4v) is 8.60. The van der Waals surface area contributed by atoms with Gasteiger partial charge in [0.1, 0.15) is 0 Å². The molecule has 1 heterocycles. The van der Waals surface area contributed by atoms with Crippen molar-refractivity contribution < 1.29 is 0 Å². The largest absolute Gasteiger partial charge is 0.310 e. The highest BCUT2D eigenvalue weighted by Crippen LogP contribution is 2.53. The predicted molar refractivity (Wildman–Crippen MR) is 226 cm³/mol. The van der Waals surface area contributed by atoms with E-state index < -0.39 is 0 Å². The van der Waals surface area contributed by atoms with Crippen LogP contribution in [0.5, 0.6) is 0 Å². The molecule has 0 aliphatic carbocycles. The molecule has 10 rings (SSSR count). The molecule has 0 radical (unpaired) electrons. The molecule has 0 saturated carbocycles. The van der Waals surface area contributed by atoms with Gasteiger partial charge in [0.25, 0.3) is 0 Å². The molecule has 0 aromatic heterocycles. The third kappa shape index (κ3) is 5.02. The Morgan fingerprint density at radius 2 is 0.830 bits per heavy atom. The molecule has 9 aromatic carbocycles. The van der Waals surface area contributed by atoms with E-state index in [2.05, 4.69) is 218 Å². The molecule has 0 amide bonds. The Bertz CT molecular complexity index is 2770. The minimum atomic E-state index is -0.228. The average Bonchev–Trinajstić information content (AvgIpc) is 3.22. The van der Waals surface area contributed by atoms with Crippen molar-refractivity contribution in [2.45, 2.75) is 19.3 Å². The highest BCUT2D eigenvalue weighted by molar-refractivity contribution is 6.25. The maximum Gasteiger partial charge on any atom is 0.0504 e. The highest BCUT2D eigenvalue weighted by atomic mass is 15.2. The SMILES string of the molecule is CC1(C)c2ccccc2N(c2ccccc2)c2ccc(N(c3ccc(-c4ccccc4)cc3)c3ccc4c5ccccc5c5ccccc5c4c3)cc21. The zero-order valence-corrected chi connectivity index (χ0v) is 29.9. The van der Waals surface area contributed by atoms with Gasteiger partial charge in [-0.2, -0.15) is 0 Å². The second kappa shape index (κ2) is 12.3. The number of para-hydroxylation sites is 2. The molecule has 1 aliphatic heterocycles. The molecule has 0 N–H and O–H groups in total. The molecule has 0 fully saturated rings. The zero-order valence-electron chi connectivity index (χ0n) is 29.9. The van der Waals surface area contributed by atoms with Crippen LogP contribution in [0.25, 0.3) is 43.4 Å². The molecular formula is C51H38N2. The first-order valence-electron chi connectivity index (χ1n) is 18.4. The lowest BCUT2D eigenvalue weighted by Gasteiger charge is -2.42. The van der Waals surface area contributed by atoms with Gasteiger partial charge in [-0.15, -0.1) is 0 Å². The summed E-state index contributed by atoms with van der Waals surface area (Å²) in [5.41, 5.74) is 11.8. The van der Waals surface area contributed by atoms with Crippen LogP contribution < -0.4 is 9.80 Å². The second-order valence-corrected chi connectivity index (χ2v) is 14.6. The molecule has 0 bridgehead atoms. The van der Waals surface area contributed by atoms with E-state index >= 15 is 0 Å². The topological polar surface area (TPSA) is 6.48 Å². The van der Waals surface area contributed by atoms with Gasteiger partial charge in [0.2, 0.25) is 0 Å². The third-order valence-corrected chi connectivity index (χ3v) is 11.2. The summed E-state index contributed by atoms with van der Waals surface area (Å²) in [5.74, 6) is 0. The van der Waals surface area contributed by atoms with E-state index in [1.807, 2.05) is 0 Å². The van der Waals surface area contributed by atoms with Gasteiger partial charge >= 0.3 is 0 Å². The normalized spacial score (nSPS) is 13.2. The maximum absolute atomic E-state index is 2.43. The van der Waals surface area contributed by atoms with Crippen LogP contribution in [0.15, 0.2) is 194 Å². The molecule has 252 valence electrons. The molecular weight excluding hydrogens is 641 g/mol. The van der Waals surface area contributed by atoms with Crippen molar-refractivity contribution in [2.75, 3.05) is 9.80 Å². The minimum absolute atomic E-state index is 0.228. The molecule has 0 atom stereocenters. The first kappa shape index (κ1) is 31.1. The van der Waals surface area contributed by atoms with E-state index in [1.54, 1.807) is 0 Å². The fourth-order valence-electron chi connectivity index (χ4n) is 8.60. The molecule has 2 nitrogen and oxygen atoms in total. The van der Waals surface area contributed by atoms with Crippen molar-refractivity contribution in [3.05, 3.63) is 205 Å². The highest BCUT2D eigenvalue weighted by Gasteiger charge is 2.37. The molecule has 1 aliphatic rings. The van der Waals surface area contributed by atoms with E-state index in [0.29, 0.717) is 0 Å². The molecule has 0 unspecified atom stereocenters. The van der Waals surface area contributed by atoms with Crippen molar-refractivity contribution in [3.63, 3.8) is 0 Å². The zero-order chi connectivity index (χ0) is 35.5. The summed E-state index contributed by atoms with van der Waals surface area (Å²) in [6, 6.07) is 70.9. The van der Waals surface area contributed by atoms with Crippen molar-refractivity contribution in [1.29, 1.82) is 0 Å². The van der Waals surface area contributed by atoms with E-state index in [9.17, 15) is 0 Å². The van der Waals surface area contributed by atoms with Crippen LogP contribution in [0.2, 0.25) is 0 Å². The third-order valence-electron chi connectivity index (χ3n) is 11.2.